The molecule has 0 aromatic heterocycles. The molecule has 0 saturated heterocycles. The highest BCUT2D eigenvalue weighted by atomic mass is 32.2. The Labute approximate surface area is 180 Å². The summed E-state index contributed by atoms with van der Waals surface area (Å²) in [6, 6.07) is 14.6. The SMILES string of the molecule is CCOc1cccc(N(CC(=O)N[C@@H](C)c2ccc(C(C)(C)C)cc2)S(C)(=O)=O)c1. The largest absolute Gasteiger partial charge is 0.494 e. The van der Waals surface area contributed by atoms with E-state index in [0.717, 1.165) is 16.1 Å². The van der Waals surface area contributed by atoms with Crippen LogP contribution in [0.5, 0.6) is 5.75 Å². The summed E-state index contributed by atoms with van der Waals surface area (Å²) in [5.41, 5.74) is 2.61. The number of ether oxygens (including phenoxy) is 1. The molecule has 2 aromatic carbocycles. The smallest absolute Gasteiger partial charge is 0.241 e. The van der Waals surface area contributed by atoms with Crippen LogP contribution in [0.4, 0.5) is 5.69 Å². The Balaban J connectivity index is 2.14. The molecular formula is C23H32N2O4S. The van der Waals surface area contributed by atoms with Gasteiger partial charge >= 0.3 is 0 Å². The number of benzene rings is 2. The molecule has 0 spiro atoms. The number of rotatable bonds is 8. The molecule has 0 aliphatic carbocycles. The van der Waals surface area contributed by atoms with E-state index in [0.29, 0.717) is 18.0 Å². The average Bonchev–Trinajstić information content (AvgIpc) is 2.65. The van der Waals surface area contributed by atoms with Gasteiger partial charge < -0.3 is 10.1 Å². The second kappa shape index (κ2) is 9.51. The number of nitrogens with one attached hydrogen (secondary N) is 1. The fourth-order valence-corrected chi connectivity index (χ4v) is 3.92. The van der Waals surface area contributed by atoms with Gasteiger partial charge in [0.05, 0.1) is 24.6 Å². The third-order valence-electron chi connectivity index (χ3n) is 4.76. The van der Waals surface area contributed by atoms with Crippen LogP contribution < -0.4 is 14.4 Å². The van der Waals surface area contributed by atoms with Crippen LogP contribution in [0.3, 0.4) is 0 Å². The summed E-state index contributed by atoms with van der Waals surface area (Å²) in [5, 5.41) is 2.89. The molecule has 2 aromatic rings. The van der Waals surface area contributed by atoms with Crippen LogP contribution in [0.1, 0.15) is 51.8 Å². The van der Waals surface area contributed by atoms with Crippen LogP contribution in [0.25, 0.3) is 0 Å². The van der Waals surface area contributed by atoms with E-state index in [2.05, 4.69) is 38.2 Å². The van der Waals surface area contributed by atoms with Gasteiger partial charge in [-0.15, -0.1) is 0 Å². The van der Waals surface area contributed by atoms with Crippen LogP contribution in [-0.2, 0) is 20.2 Å². The first-order valence-electron chi connectivity index (χ1n) is 10.0. The van der Waals surface area contributed by atoms with Crippen molar-refractivity contribution in [3.63, 3.8) is 0 Å². The normalized spacial score (nSPS) is 12.9. The Bertz CT molecular complexity index is 963. The van der Waals surface area contributed by atoms with Crippen molar-refractivity contribution in [1.82, 2.24) is 5.32 Å². The second-order valence-corrected chi connectivity index (χ2v) is 10.3. The Morgan fingerprint density at radius 3 is 2.30 bits per heavy atom. The predicted octanol–water partition coefficient (Wildman–Crippen LogP) is 4.03. The van der Waals surface area contributed by atoms with E-state index >= 15 is 0 Å². The van der Waals surface area contributed by atoms with Gasteiger partial charge in [0.25, 0.3) is 0 Å². The molecular weight excluding hydrogens is 400 g/mol. The molecule has 0 aliphatic heterocycles. The predicted molar refractivity (Wildman–Crippen MR) is 122 cm³/mol. The Hall–Kier alpha value is -2.54. The number of carbonyl (C=O) groups excluding carboxylic acids is 1. The zero-order valence-corrected chi connectivity index (χ0v) is 19.4. The first-order chi connectivity index (χ1) is 13.9. The molecule has 1 atom stereocenters. The van der Waals surface area contributed by atoms with Crippen molar-refractivity contribution >= 4 is 21.6 Å². The number of anilines is 1. The number of carbonyl (C=O) groups is 1. The van der Waals surface area contributed by atoms with Crippen molar-refractivity contribution in [2.45, 2.75) is 46.1 Å². The molecule has 0 unspecified atom stereocenters. The Kier molecular flexibility index (Phi) is 7.53. The van der Waals surface area contributed by atoms with Crippen molar-refractivity contribution in [2.24, 2.45) is 0 Å². The molecule has 0 fully saturated rings. The van der Waals surface area contributed by atoms with Crippen LogP contribution in [0.15, 0.2) is 48.5 Å². The monoisotopic (exact) mass is 432 g/mol. The minimum atomic E-state index is -3.65. The van der Waals surface area contributed by atoms with Gasteiger partial charge in [0.1, 0.15) is 12.3 Å². The summed E-state index contributed by atoms with van der Waals surface area (Å²) in [5.74, 6) is 0.172. The topological polar surface area (TPSA) is 75.7 Å². The third-order valence-corrected chi connectivity index (χ3v) is 5.90. The summed E-state index contributed by atoms with van der Waals surface area (Å²) in [6.07, 6.45) is 1.09. The van der Waals surface area contributed by atoms with Gasteiger partial charge in [-0.2, -0.15) is 0 Å². The zero-order chi connectivity index (χ0) is 22.5. The molecule has 2 rings (SSSR count). The lowest BCUT2D eigenvalue weighted by molar-refractivity contribution is -0.120. The summed E-state index contributed by atoms with van der Waals surface area (Å²) < 4.78 is 31.2. The van der Waals surface area contributed by atoms with Gasteiger partial charge in [-0.3, -0.25) is 9.10 Å². The van der Waals surface area contributed by atoms with Gasteiger partial charge in [0, 0.05) is 6.07 Å². The van der Waals surface area contributed by atoms with E-state index in [4.69, 9.17) is 4.74 Å². The van der Waals surface area contributed by atoms with Crippen LogP contribution in [0, 0.1) is 0 Å². The van der Waals surface area contributed by atoms with E-state index in [1.807, 2.05) is 26.0 Å². The molecule has 0 heterocycles. The minimum absolute atomic E-state index is 0.0526. The first kappa shape index (κ1) is 23.7. The molecule has 7 heteroatoms. The second-order valence-electron chi connectivity index (χ2n) is 8.36. The van der Waals surface area contributed by atoms with Crippen LogP contribution >= 0.6 is 0 Å². The fraction of sp³-hybridized carbons (Fsp3) is 0.435. The lowest BCUT2D eigenvalue weighted by Gasteiger charge is -2.24. The number of sulfonamides is 1. The highest BCUT2D eigenvalue weighted by Gasteiger charge is 2.22. The molecule has 0 radical (unpaired) electrons. The van der Waals surface area contributed by atoms with Crippen molar-refractivity contribution in [3.05, 3.63) is 59.7 Å². The summed E-state index contributed by atoms with van der Waals surface area (Å²) >= 11 is 0. The van der Waals surface area contributed by atoms with Crippen LogP contribution in [-0.4, -0.2) is 33.7 Å². The molecule has 1 N–H and O–H groups in total. The molecule has 6 nitrogen and oxygen atoms in total. The lowest BCUT2D eigenvalue weighted by atomic mass is 9.86. The highest BCUT2D eigenvalue weighted by Crippen LogP contribution is 2.25. The maximum Gasteiger partial charge on any atom is 0.241 e. The summed E-state index contributed by atoms with van der Waals surface area (Å²) in [7, 11) is -3.65. The quantitative estimate of drug-likeness (QED) is 0.683. The first-order valence-corrected chi connectivity index (χ1v) is 11.9. The van der Waals surface area contributed by atoms with Gasteiger partial charge in [0.15, 0.2) is 0 Å². The zero-order valence-electron chi connectivity index (χ0n) is 18.6. The number of hydrogen-bond acceptors (Lipinski definition) is 4. The maximum absolute atomic E-state index is 12.6. The van der Waals surface area contributed by atoms with Gasteiger partial charge in [-0.25, -0.2) is 8.42 Å². The van der Waals surface area contributed by atoms with Crippen molar-refractivity contribution in [3.8, 4) is 5.75 Å². The number of nitrogens with zero attached hydrogens (tertiary/aromatic N) is 1. The molecule has 164 valence electrons. The lowest BCUT2D eigenvalue weighted by Crippen LogP contribution is -2.41. The molecule has 0 aliphatic rings. The maximum atomic E-state index is 12.6. The highest BCUT2D eigenvalue weighted by molar-refractivity contribution is 7.92. The third kappa shape index (κ3) is 6.49. The van der Waals surface area contributed by atoms with Crippen molar-refractivity contribution < 1.29 is 17.9 Å². The van der Waals surface area contributed by atoms with E-state index in [1.54, 1.807) is 24.3 Å². The van der Waals surface area contributed by atoms with Crippen LogP contribution in [0.2, 0.25) is 0 Å². The number of amides is 1. The molecule has 1 amide bonds. The average molecular weight is 433 g/mol. The molecule has 30 heavy (non-hydrogen) atoms. The number of hydrogen-bond donors (Lipinski definition) is 1. The van der Waals surface area contributed by atoms with E-state index in [-0.39, 0.29) is 23.9 Å². The minimum Gasteiger partial charge on any atom is -0.494 e. The Morgan fingerprint density at radius 1 is 1.13 bits per heavy atom. The van der Waals surface area contributed by atoms with Gasteiger partial charge in [0.2, 0.25) is 15.9 Å². The molecule has 0 bridgehead atoms. The van der Waals surface area contributed by atoms with Gasteiger partial charge in [-0.1, -0.05) is 51.1 Å². The molecule has 0 saturated carbocycles. The Morgan fingerprint density at radius 2 is 1.77 bits per heavy atom. The summed E-state index contributed by atoms with van der Waals surface area (Å²) in [6.45, 7) is 10.3. The van der Waals surface area contributed by atoms with Crippen molar-refractivity contribution in [2.75, 3.05) is 23.7 Å². The van der Waals surface area contributed by atoms with E-state index in [1.165, 1.54) is 5.56 Å². The van der Waals surface area contributed by atoms with Gasteiger partial charge in [-0.05, 0) is 42.5 Å². The fourth-order valence-electron chi connectivity index (χ4n) is 3.07. The standard InChI is InChI=1S/C23H32N2O4S/c1-7-29-21-10-8-9-20(15-21)25(30(6,27)28)16-22(26)24-17(2)18-11-13-19(14-12-18)23(3,4)5/h8-15,17H,7,16H2,1-6H3,(H,24,26)/t17-/m0/s1. The summed E-state index contributed by atoms with van der Waals surface area (Å²) in [4.78, 5) is 12.6. The van der Waals surface area contributed by atoms with Crippen molar-refractivity contribution in [1.29, 1.82) is 0 Å². The van der Waals surface area contributed by atoms with E-state index < -0.39 is 10.0 Å². The van der Waals surface area contributed by atoms with E-state index in [9.17, 15) is 13.2 Å².